The molecule has 0 bridgehead atoms. The minimum atomic E-state index is 0.430. The molecule has 1 N–H and O–H groups in total. The zero-order chi connectivity index (χ0) is 12.5. The van der Waals surface area contributed by atoms with Crippen LogP contribution in [0, 0.1) is 11.3 Å². The van der Waals surface area contributed by atoms with Crippen molar-refractivity contribution < 1.29 is 0 Å². The van der Waals surface area contributed by atoms with Crippen LogP contribution in [0.1, 0.15) is 26.7 Å². The predicted molar refractivity (Wildman–Crippen MR) is 74.9 cm³/mol. The summed E-state index contributed by atoms with van der Waals surface area (Å²) in [5, 5.41) is 3.55. The molecule has 2 fully saturated rings. The summed E-state index contributed by atoms with van der Waals surface area (Å²) in [5.41, 5.74) is 4.73. The van der Waals surface area contributed by atoms with Crippen LogP contribution in [0.25, 0.3) is 0 Å². The van der Waals surface area contributed by atoms with Gasteiger partial charge in [-0.3, -0.25) is 0 Å². The number of rotatable bonds is 2. The van der Waals surface area contributed by atoms with Crippen molar-refractivity contribution in [2.45, 2.75) is 26.7 Å². The van der Waals surface area contributed by atoms with Crippen molar-refractivity contribution in [1.29, 1.82) is 0 Å². The Balaban J connectivity index is 2.45. The van der Waals surface area contributed by atoms with E-state index in [9.17, 15) is 0 Å². The molecule has 1 saturated carbocycles. The van der Waals surface area contributed by atoms with E-state index < -0.39 is 0 Å². The van der Waals surface area contributed by atoms with E-state index in [4.69, 9.17) is 0 Å². The number of allylic oxidation sites excluding steroid dienone is 5. The monoisotopic (exact) mass is 229 g/mol. The molecule has 0 radical (unpaired) electrons. The molecule has 0 aromatic rings. The van der Waals surface area contributed by atoms with Crippen molar-refractivity contribution in [3.8, 4) is 0 Å². The molecule has 1 heteroatoms. The molecule has 17 heavy (non-hydrogen) atoms. The second kappa shape index (κ2) is 4.66. The minimum Gasteiger partial charge on any atom is -0.316 e. The van der Waals surface area contributed by atoms with Gasteiger partial charge in [0.25, 0.3) is 0 Å². The number of fused-ring (bicyclic) bond motifs is 1. The summed E-state index contributed by atoms with van der Waals surface area (Å²) in [7, 11) is 0. The molecule has 2 aliphatic rings. The lowest BCUT2D eigenvalue weighted by Crippen LogP contribution is -2.32. The first-order chi connectivity index (χ1) is 8.12. The minimum absolute atomic E-state index is 0.430. The SMILES string of the molecule is C=C/C=C1\C(=C(/C)C=C)CC[C@@]2(C)CNC[C@@H]12. The first-order valence-corrected chi connectivity index (χ1v) is 6.48. The molecule has 0 aromatic carbocycles. The van der Waals surface area contributed by atoms with Crippen molar-refractivity contribution in [2.24, 2.45) is 11.3 Å². The van der Waals surface area contributed by atoms with Crippen molar-refractivity contribution in [3.05, 3.63) is 48.1 Å². The molecule has 1 aliphatic heterocycles. The van der Waals surface area contributed by atoms with Crippen molar-refractivity contribution in [1.82, 2.24) is 5.32 Å². The Morgan fingerprint density at radius 1 is 1.47 bits per heavy atom. The average Bonchev–Trinajstić information content (AvgIpc) is 2.71. The molecule has 92 valence electrons. The number of hydrogen-bond donors (Lipinski definition) is 1. The van der Waals surface area contributed by atoms with Crippen LogP contribution in [0.5, 0.6) is 0 Å². The third-order valence-electron chi connectivity index (χ3n) is 4.47. The van der Waals surface area contributed by atoms with Crippen LogP contribution < -0.4 is 5.32 Å². The Bertz CT molecular complexity index is 400. The fraction of sp³-hybridized carbons (Fsp3) is 0.500. The molecule has 1 nitrogen and oxygen atoms in total. The van der Waals surface area contributed by atoms with E-state index in [0.717, 1.165) is 13.1 Å². The quantitative estimate of drug-likeness (QED) is 0.762. The van der Waals surface area contributed by atoms with Crippen LogP contribution in [0.2, 0.25) is 0 Å². The Hall–Kier alpha value is -1.08. The molecule has 1 heterocycles. The first kappa shape index (κ1) is 12.4. The second-order valence-corrected chi connectivity index (χ2v) is 5.56. The van der Waals surface area contributed by atoms with E-state index in [0.29, 0.717) is 11.3 Å². The van der Waals surface area contributed by atoms with E-state index >= 15 is 0 Å². The topological polar surface area (TPSA) is 12.0 Å². The highest BCUT2D eigenvalue weighted by molar-refractivity contribution is 5.45. The standard InChI is InChI=1S/C16H23N/c1-5-7-14-13(12(3)6-2)8-9-16(4)11-17-10-15(14)16/h5-7,15,17H,1-2,8-11H2,3-4H3/b13-12+,14-7+/t15-,16-/m0/s1. The van der Waals surface area contributed by atoms with Gasteiger partial charge in [0.15, 0.2) is 0 Å². The maximum absolute atomic E-state index is 3.91. The number of hydrogen-bond acceptors (Lipinski definition) is 1. The van der Waals surface area contributed by atoms with Gasteiger partial charge in [-0.1, -0.05) is 38.3 Å². The fourth-order valence-electron chi connectivity index (χ4n) is 3.28. The molecule has 2 atom stereocenters. The molecule has 0 amide bonds. The van der Waals surface area contributed by atoms with Crippen LogP contribution in [-0.2, 0) is 0 Å². The van der Waals surface area contributed by atoms with E-state index in [1.807, 2.05) is 12.2 Å². The molecule has 0 spiro atoms. The first-order valence-electron chi connectivity index (χ1n) is 6.48. The third kappa shape index (κ3) is 2.04. The van der Waals surface area contributed by atoms with Gasteiger partial charge < -0.3 is 5.32 Å². The zero-order valence-corrected chi connectivity index (χ0v) is 11.1. The summed E-state index contributed by atoms with van der Waals surface area (Å²) in [6.45, 7) is 14.6. The summed E-state index contributed by atoms with van der Waals surface area (Å²) in [6.07, 6.45) is 8.57. The molecule has 1 saturated heterocycles. The van der Waals surface area contributed by atoms with E-state index in [2.05, 4.69) is 38.4 Å². The lowest BCUT2D eigenvalue weighted by molar-refractivity contribution is 0.247. The van der Waals surface area contributed by atoms with Gasteiger partial charge in [0.05, 0.1) is 0 Å². The largest absolute Gasteiger partial charge is 0.316 e. The Kier molecular flexibility index (Phi) is 3.39. The van der Waals surface area contributed by atoms with Crippen LogP contribution in [0.4, 0.5) is 0 Å². The van der Waals surface area contributed by atoms with Crippen molar-refractivity contribution in [2.75, 3.05) is 13.1 Å². The number of nitrogens with one attached hydrogen (secondary N) is 1. The van der Waals surface area contributed by atoms with Crippen LogP contribution in [0.3, 0.4) is 0 Å². The Morgan fingerprint density at radius 3 is 2.88 bits per heavy atom. The van der Waals surface area contributed by atoms with Gasteiger partial charge in [0, 0.05) is 19.0 Å². The van der Waals surface area contributed by atoms with E-state index in [1.165, 1.54) is 29.6 Å². The van der Waals surface area contributed by atoms with Crippen molar-refractivity contribution >= 4 is 0 Å². The summed E-state index contributed by atoms with van der Waals surface area (Å²) < 4.78 is 0. The van der Waals surface area contributed by atoms with Crippen LogP contribution in [-0.4, -0.2) is 13.1 Å². The Labute approximate surface area is 105 Å². The van der Waals surface area contributed by atoms with Gasteiger partial charge in [-0.05, 0) is 41.9 Å². The summed E-state index contributed by atoms with van der Waals surface area (Å²) in [5.74, 6) is 0.638. The van der Waals surface area contributed by atoms with Gasteiger partial charge >= 0.3 is 0 Å². The predicted octanol–water partition coefficient (Wildman–Crippen LogP) is 3.62. The van der Waals surface area contributed by atoms with E-state index in [-0.39, 0.29) is 0 Å². The Morgan fingerprint density at radius 2 is 2.24 bits per heavy atom. The lowest BCUT2D eigenvalue weighted by Gasteiger charge is -2.39. The summed E-state index contributed by atoms with van der Waals surface area (Å²) in [4.78, 5) is 0. The highest BCUT2D eigenvalue weighted by atomic mass is 14.9. The zero-order valence-electron chi connectivity index (χ0n) is 11.1. The molecule has 1 aliphatic carbocycles. The van der Waals surface area contributed by atoms with Gasteiger partial charge in [-0.2, -0.15) is 0 Å². The molecule has 0 aromatic heterocycles. The smallest absolute Gasteiger partial charge is 0.00323 e. The second-order valence-electron chi connectivity index (χ2n) is 5.56. The summed E-state index contributed by atoms with van der Waals surface area (Å²) >= 11 is 0. The molecular weight excluding hydrogens is 206 g/mol. The average molecular weight is 229 g/mol. The van der Waals surface area contributed by atoms with E-state index in [1.54, 1.807) is 0 Å². The van der Waals surface area contributed by atoms with Gasteiger partial charge in [0.1, 0.15) is 0 Å². The third-order valence-corrected chi connectivity index (χ3v) is 4.47. The van der Waals surface area contributed by atoms with Crippen LogP contribution in [0.15, 0.2) is 48.1 Å². The molecular formula is C16H23N. The highest BCUT2D eigenvalue weighted by Gasteiger charge is 2.44. The highest BCUT2D eigenvalue weighted by Crippen LogP contribution is 2.49. The van der Waals surface area contributed by atoms with Crippen LogP contribution >= 0.6 is 0 Å². The summed E-state index contributed by atoms with van der Waals surface area (Å²) in [6, 6.07) is 0. The van der Waals surface area contributed by atoms with Gasteiger partial charge in [-0.25, -0.2) is 0 Å². The lowest BCUT2D eigenvalue weighted by atomic mass is 9.64. The van der Waals surface area contributed by atoms with Gasteiger partial charge in [0.2, 0.25) is 0 Å². The molecule has 0 unspecified atom stereocenters. The van der Waals surface area contributed by atoms with Crippen molar-refractivity contribution in [3.63, 3.8) is 0 Å². The normalized spacial score (nSPS) is 37.8. The fourth-order valence-corrected chi connectivity index (χ4v) is 3.28. The van der Waals surface area contributed by atoms with Gasteiger partial charge in [-0.15, -0.1) is 0 Å². The maximum Gasteiger partial charge on any atom is 0.00323 e. The maximum atomic E-state index is 3.91. The molecule has 2 rings (SSSR count).